The van der Waals surface area contributed by atoms with Gasteiger partial charge < -0.3 is 9.15 Å². The van der Waals surface area contributed by atoms with Crippen LogP contribution in [0.2, 0.25) is 0 Å². The Hall–Kier alpha value is -3.79. The van der Waals surface area contributed by atoms with Gasteiger partial charge in [0.15, 0.2) is 0 Å². The molecule has 0 atom stereocenters. The molecular formula is C25H20N2O2. The van der Waals surface area contributed by atoms with E-state index in [0.29, 0.717) is 0 Å². The summed E-state index contributed by atoms with van der Waals surface area (Å²) in [5.74, 6) is 1.62. The summed E-state index contributed by atoms with van der Waals surface area (Å²) < 4.78 is 12.1. The Morgan fingerprint density at radius 1 is 0.862 bits per heavy atom. The summed E-state index contributed by atoms with van der Waals surface area (Å²) in [6.07, 6.45) is 0. The number of aromatic amines is 1. The van der Waals surface area contributed by atoms with Gasteiger partial charge in [-0.2, -0.15) is 5.10 Å². The van der Waals surface area contributed by atoms with Crippen LogP contribution in [0.3, 0.4) is 0 Å². The van der Waals surface area contributed by atoms with Gasteiger partial charge in [0, 0.05) is 27.8 Å². The fourth-order valence-electron chi connectivity index (χ4n) is 3.73. The number of furan rings is 1. The third-order valence-electron chi connectivity index (χ3n) is 5.09. The Kier molecular flexibility index (Phi) is 4.17. The van der Waals surface area contributed by atoms with Crippen molar-refractivity contribution in [1.82, 2.24) is 10.2 Å². The zero-order valence-electron chi connectivity index (χ0n) is 16.3. The first kappa shape index (κ1) is 17.3. The first-order valence-electron chi connectivity index (χ1n) is 9.52. The van der Waals surface area contributed by atoms with Gasteiger partial charge in [0.05, 0.1) is 12.8 Å². The smallest absolute Gasteiger partial charge is 0.143 e. The molecule has 29 heavy (non-hydrogen) atoms. The normalized spacial score (nSPS) is 11.1. The monoisotopic (exact) mass is 380 g/mol. The van der Waals surface area contributed by atoms with Crippen molar-refractivity contribution in [1.29, 1.82) is 0 Å². The molecule has 0 saturated carbocycles. The Morgan fingerprint density at radius 3 is 2.17 bits per heavy atom. The highest BCUT2D eigenvalue weighted by Crippen LogP contribution is 2.44. The van der Waals surface area contributed by atoms with Gasteiger partial charge in [0.1, 0.15) is 17.1 Å². The van der Waals surface area contributed by atoms with E-state index in [4.69, 9.17) is 9.15 Å². The maximum Gasteiger partial charge on any atom is 0.143 e. The van der Waals surface area contributed by atoms with E-state index in [9.17, 15) is 0 Å². The second-order valence-corrected chi connectivity index (χ2v) is 7.02. The minimum absolute atomic E-state index is 0.765. The van der Waals surface area contributed by atoms with Gasteiger partial charge in [-0.25, -0.2) is 0 Å². The molecule has 2 heterocycles. The van der Waals surface area contributed by atoms with Crippen molar-refractivity contribution in [2.45, 2.75) is 6.92 Å². The highest BCUT2D eigenvalue weighted by Gasteiger charge is 2.21. The van der Waals surface area contributed by atoms with Crippen molar-refractivity contribution in [2.75, 3.05) is 7.11 Å². The van der Waals surface area contributed by atoms with E-state index in [2.05, 4.69) is 34.5 Å². The summed E-state index contributed by atoms with van der Waals surface area (Å²) in [5, 5.41) is 8.42. The molecular weight excluding hydrogens is 360 g/mol. The number of methoxy groups -OCH3 is 1. The SMILES string of the molecule is COc1cc2c(-c3ccccc3)c(-c3ccccc3)oc2cc1-c1cc(C)[nH]n1. The van der Waals surface area contributed by atoms with Gasteiger partial charge in [-0.05, 0) is 30.7 Å². The fourth-order valence-corrected chi connectivity index (χ4v) is 3.73. The van der Waals surface area contributed by atoms with Crippen LogP contribution in [0.4, 0.5) is 0 Å². The molecule has 0 spiro atoms. The van der Waals surface area contributed by atoms with Crippen LogP contribution in [-0.4, -0.2) is 17.3 Å². The van der Waals surface area contributed by atoms with Crippen molar-refractivity contribution in [3.63, 3.8) is 0 Å². The molecule has 0 radical (unpaired) electrons. The minimum Gasteiger partial charge on any atom is -0.496 e. The van der Waals surface area contributed by atoms with Crippen LogP contribution in [0.15, 0.2) is 83.3 Å². The largest absolute Gasteiger partial charge is 0.496 e. The number of nitrogens with zero attached hydrogens (tertiary/aromatic N) is 1. The maximum atomic E-state index is 6.41. The third-order valence-corrected chi connectivity index (χ3v) is 5.09. The molecule has 0 aliphatic heterocycles. The number of fused-ring (bicyclic) bond motifs is 1. The first-order valence-corrected chi connectivity index (χ1v) is 9.52. The van der Waals surface area contributed by atoms with Gasteiger partial charge in [0.25, 0.3) is 0 Å². The Labute approximate surface area is 168 Å². The van der Waals surface area contributed by atoms with Crippen molar-refractivity contribution in [3.8, 4) is 39.5 Å². The van der Waals surface area contributed by atoms with E-state index >= 15 is 0 Å². The first-order chi connectivity index (χ1) is 14.2. The second-order valence-electron chi connectivity index (χ2n) is 7.02. The molecule has 0 bridgehead atoms. The molecule has 2 aromatic heterocycles. The zero-order valence-corrected chi connectivity index (χ0v) is 16.3. The summed E-state index contributed by atoms with van der Waals surface area (Å²) in [4.78, 5) is 0. The lowest BCUT2D eigenvalue weighted by Crippen LogP contribution is -1.89. The molecule has 0 amide bonds. The molecule has 5 aromatic rings. The standard InChI is InChI=1S/C25H20N2O2/c1-16-13-21(27-26-16)19-14-23-20(15-22(19)28-2)24(17-9-5-3-6-10-17)25(29-23)18-11-7-4-8-12-18/h3-15H,1-2H3,(H,26,27). The van der Waals surface area contributed by atoms with Crippen molar-refractivity contribution >= 4 is 11.0 Å². The molecule has 0 fully saturated rings. The van der Waals surface area contributed by atoms with Crippen LogP contribution in [0.5, 0.6) is 5.75 Å². The lowest BCUT2D eigenvalue weighted by atomic mass is 9.97. The van der Waals surface area contributed by atoms with E-state index < -0.39 is 0 Å². The molecule has 0 aliphatic carbocycles. The van der Waals surface area contributed by atoms with Crippen LogP contribution < -0.4 is 4.74 Å². The summed E-state index contributed by atoms with van der Waals surface area (Å²) in [6, 6.07) is 26.6. The molecule has 0 unspecified atom stereocenters. The average Bonchev–Trinajstić information content (AvgIpc) is 3.37. The maximum absolute atomic E-state index is 6.41. The Bertz CT molecular complexity index is 1280. The minimum atomic E-state index is 0.765. The van der Waals surface area contributed by atoms with Gasteiger partial charge in [0.2, 0.25) is 0 Å². The second kappa shape index (κ2) is 6.99. The van der Waals surface area contributed by atoms with E-state index in [0.717, 1.165) is 56.1 Å². The predicted octanol–water partition coefficient (Wildman–Crippen LogP) is 6.47. The topological polar surface area (TPSA) is 51.0 Å². The van der Waals surface area contributed by atoms with Gasteiger partial charge in [-0.3, -0.25) is 5.10 Å². The molecule has 4 heteroatoms. The summed E-state index contributed by atoms with van der Waals surface area (Å²) in [5.41, 5.74) is 6.75. The zero-order chi connectivity index (χ0) is 19.8. The number of nitrogens with one attached hydrogen (secondary N) is 1. The van der Waals surface area contributed by atoms with Gasteiger partial charge in [-0.1, -0.05) is 60.7 Å². The number of benzene rings is 3. The van der Waals surface area contributed by atoms with Crippen LogP contribution in [0.1, 0.15) is 5.69 Å². The van der Waals surface area contributed by atoms with Crippen molar-refractivity contribution in [3.05, 3.63) is 84.6 Å². The molecule has 4 nitrogen and oxygen atoms in total. The number of rotatable bonds is 4. The van der Waals surface area contributed by atoms with Crippen LogP contribution in [-0.2, 0) is 0 Å². The van der Waals surface area contributed by atoms with E-state index in [1.165, 1.54) is 0 Å². The fraction of sp³-hybridized carbons (Fsp3) is 0.0800. The molecule has 1 N–H and O–H groups in total. The van der Waals surface area contributed by atoms with Crippen molar-refractivity contribution < 1.29 is 9.15 Å². The number of H-pyrrole nitrogens is 1. The highest BCUT2D eigenvalue weighted by molar-refractivity contribution is 6.04. The van der Waals surface area contributed by atoms with E-state index in [1.54, 1.807) is 7.11 Å². The number of aromatic nitrogens is 2. The van der Waals surface area contributed by atoms with Gasteiger partial charge >= 0.3 is 0 Å². The number of aryl methyl sites for hydroxylation is 1. The molecule has 142 valence electrons. The molecule has 5 rings (SSSR count). The van der Waals surface area contributed by atoms with Gasteiger partial charge in [-0.15, -0.1) is 0 Å². The predicted molar refractivity (Wildman–Crippen MR) is 116 cm³/mol. The van der Waals surface area contributed by atoms with E-state index in [1.807, 2.05) is 61.5 Å². The highest BCUT2D eigenvalue weighted by atomic mass is 16.5. The lowest BCUT2D eigenvalue weighted by Gasteiger charge is -2.07. The number of ether oxygens (including phenoxy) is 1. The average molecular weight is 380 g/mol. The number of hydrogen-bond donors (Lipinski definition) is 1. The lowest BCUT2D eigenvalue weighted by molar-refractivity contribution is 0.417. The summed E-state index contributed by atoms with van der Waals surface area (Å²) in [6.45, 7) is 1.98. The van der Waals surface area contributed by atoms with Crippen LogP contribution in [0, 0.1) is 6.92 Å². The van der Waals surface area contributed by atoms with E-state index in [-0.39, 0.29) is 0 Å². The molecule has 0 aliphatic rings. The van der Waals surface area contributed by atoms with Crippen LogP contribution >= 0.6 is 0 Å². The third kappa shape index (κ3) is 2.99. The Balaban J connectivity index is 1.82. The van der Waals surface area contributed by atoms with Crippen LogP contribution in [0.25, 0.3) is 44.7 Å². The molecule has 0 saturated heterocycles. The number of hydrogen-bond acceptors (Lipinski definition) is 3. The Morgan fingerprint density at radius 2 is 1.55 bits per heavy atom. The molecule has 3 aromatic carbocycles. The summed E-state index contributed by atoms with van der Waals surface area (Å²) >= 11 is 0. The van der Waals surface area contributed by atoms with Crippen molar-refractivity contribution in [2.24, 2.45) is 0 Å². The summed E-state index contributed by atoms with van der Waals surface area (Å²) in [7, 11) is 1.69. The quantitative estimate of drug-likeness (QED) is 0.388.